The van der Waals surface area contributed by atoms with E-state index in [2.05, 4.69) is 9.72 Å². The van der Waals surface area contributed by atoms with Gasteiger partial charge in [0.05, 0.1) is 18.2 Å². The molecule has 0 aliphatic carbocycles. The van der Waals surface area contributed by atoms with E-state index in [9.17, 15) is 14.7 Å². The van der Waals surface area contributed by atoms with Crippen LogP contribution in [0.1, 0.15) is 20.7 Å². The highest BCUT2D eigenvalue weighted by atomic mass is 16.5. The molecule has 0 aliphatic rings. The number of phenols is 1. The Morgan fingerprint density at radius 1 is 1.19 bits per heavy atom. The summed E-state index contributed by atoms with van der Waals surface area (Å²) in [6, 6.07) is 6.40. The van der Waals surface area contributed by atoms with Gasteiger partial charge in [-0.05, 0) is 12.1 Å². The van der Waals surface area contributed by atoms with Gasteiger partial charge in [0.25, 0.3) is 0 Å². The summed E-state index contributed by atoms with van der Waals surface area (Å²) in [6.07, 6.45) is 3.35. The standard InChI is InChI=1S/C7H7NO2.C7H6O4/c1-10-7(9)6-2-4-8-5-3-6;8-4-1-2-6(9)5(3-4)7(10)11/h2-5H,1H3;1-3,8-9H,(H,10,11). The molecule has 7 heteroatoms. The van der Waals surface area contributed by atoms with Gasteiger partial charge in [-0.2, -0.15) is 0 Å². The number of carboxylic acid groups (broad SMARTS) is 1. The molecule has 0 bridgehead atoms. The summed E-state index contributed by atoms with van der Waals surface area (Å²) in [5.41, 5.74) is 0.145. The molecule has 1 aromatic carbocycles. The molecular formula is C14H13NO6. The Hall–Kier alpha value is -3.09. The van der Waals surface area contributed by atoms with Gasteiger partial charge in [-0.15, -0.1) is 0 Å². The number of carbonyl (C=O) groups excluding carboxylic acids is 1. The van der Waals surface area contributed by atoms with Crippen LogP contribution in [0.2, 0.25) is 0 Å². The molecule has 0 saturated carbocycles. The zero-order valence-corrected chi connectivity index (χ0v) is 11.1. The van der Waals surface area contributed by atoms with Crippen molar-refractivity contribution in [2.45, 2.75) is 0 Å². The number of rotatable bonds is 2. The predicted octanol–water partition coefficient (Wildman–Crippen LogP) is 0.451. The zero-order chi connectivity index (χ0) is 15.8. The molecule has 1 heterocycles. The fourth-order valence-electron chi connectivity index (χ4n) is 1.33. The molecule has 0 spiro atoms. The minimum atomic E-state index is -1.33. The van der Waals surface area contributed by atoms with Crippen molar-refractivity contribution < 1.29 is 34.6 Å². The van der Waals surface area contributed by atoms with E-state index in [-0.39, 0.29) is 11.7 Å². The number of hydrogen-bond donors (Lipinski definition) is 2. The lowest BCUT2D eigenvalue weighted by Gasteiger charge is -2.08. The summed E-state index contributed by atoms with van der Waals surface area (Å²) in [7, 11) is 1.36. The number of aromatic nitrogens is 1. The van der Waals surface area contributed by atoms with Crippen molar-refractivity contribution in [3.8, 4) is 11.5 Å². The number of aromatic carboxylic acids is 1. The van der Waals surface area contributed by atoms with Gasteiger partial charge in [-0.1, -0.05) is 11.8 Å². The van der Waals surface area contributed by atoms with E-state index in [1.54, 1.807) is 24.5 Å². The normalized spacial score (nSPS) is 9.19. The first kappa shape index (κ1) is 16.0. The summed E-state index contributed by atoms with van der Waals surface area (Å²) in [5, 5.41) is 27.9. The molecule has 7 nitrogen and oxygen atoms in total. The van der Waals surface area contributed by atoms with Crippen LogP contribution in [0.25, 0.3) is 0 Å². The number of hydrogen-bond acceptors (Lipinski definition) is 5. The van der Waals surface area contributed by atoms with Gasteiger partial charge in [0, 0.05) is 12.1 Å². The molecule has 0 fully saturated rings. The Labute approximate surface area is 120 Å². The fraction of sp³-hybridized carbons (Fsp3) is 0.0714. The van der Waals surface area contributed by atoms with Crippen molar-refractivity contribution in [2.75, 3.05) is 7.11 Å². The first-order valence-electron chi connectivity index (χ1n) is 5.73. The molecule has 2 rings (SSSR count). The summed E-state index contributed by atoms with van der Waals surface area (Å²) in [4.78, 5) is 23.8. The quantitative estimate of drug-likeness (QED) is 0.775. The van der Waals surface area contributed by atoms with Crippen LogP contribution in [0.4, 0.5) is 0 Å². The lowest BCUT2D eigenvalue weighted by Crippen LogP contribution is -2.05. The Kier molecular flexibility index (Phi) is 5.69. The maximum absolute atomic E-state index is 10.8. The molecule has 2 aromatic rings. The molecule has 0 atom stereocenters. The molecule has 0 radical (unpaired) electrons. The average molecular weight is 291 g/mol. The number of carbonyl (C=O) groups is 2. The number of H-pyrrole nitrogens is 1. The third-order valence-electron chi connectivity index (χ3n) is 2.33. The van der Waals surface area contributed by atoms with E-state index in [0.717, 1.165) is 18.2 Å². The average Bonchev–Trinajstić information content (AvgIpc) is 2.50. The SMILES string of the molecule is COC(=O)c1cc[nH+]cc1.O=C(O)c1cc(O)ccc1[O-]. The number of esters is 1. The summed E-state index contributed by atoms with van der Waals surface area (Å²) >= 11 is 0. The molecule has 1 aromatic heterocycles. The van der Waals surface area contributed by atoms with Crippen molar-refractivity contribution >= 4 is 11.9 Å². The van der Waals surface area contributed by atoms with E-state index in [1.807, 2.05) is 0 Å². The van der Waals surface area contributed by atoms with Crippen LogP contribution in [0.5, 0.6) is 11.5 Å². The summed E-state index contributed by atoms with van der Waals surface area (Å²) < 4.78 is 4.48. The van der Waals surface area contributed by atoms with Gasteiger partial charge in [-0.3, -0.25) is 0 Å². The van der Waals surface area contributed by atoms with E-state index < -0.39 is 17.3 Å². The first-order chi connectivity index (χ1) is 9.95. The number of phenolic OH excluding ortho intramolecular Hbond substituents is 1. The van der Waals surface area contributed by atoms with Gasteiger partial charge >= 0.3 is 11.9 Å². The lowest BCUT2D eigenvalue weighted by molar-refractivity contribution is -0.378. The number of pyridine rings is 1. The van der Waals surface area contributed by atoms with Gasteiger partial charge in [-0.25, -0.2) is 14.6 Å². The maximum atomic E-state index is 10.8. The molecule has 110 valence electrons. The second-order valence-electron chi connectivity index (χ2n) is 3.77. The second kappa shape index (κ2) is 7.49. The Balaban J connectivity index is 0.000000211. The Morgan fingerprint density at radius 3 is 2.29 bits per heavy atom. The third-order valence-corrected chi connectivity index (χ3v) is 2.33. The van der Waals surface area contributed by atoms with Crippen LogP contribution in [0.15, 0.2) is 42.7 Å². The number of benzene rings is 1. The van der Waals surface area contributed by atoms with E-state index in [4.69, 9.17) is 10.2 Å². The van der Waals surface area contributed by atoms with E-state index >= 15 is 0 Å². The minimum Gasteiger partial charge on any atom is -0.872 e. The molecule has 3 N–H and O–H groups in total. The molecule has 0 amide bonds. The highest BCUT2D eigenvalue weighted by Gasteiger charge is 2.04. The van der Waals surface area contributed by atoms with Crippen molar-refractivity contribution in [3.63, 3.8) is 0 Å². The molecule has 0 aliphatic heterocycles. The fourth-order valence-corrected chi connectivity index (χ4v) is 1.33. The smallest absolute Gasteiger partial charge is 0.338 e. The van der Waals surface area contributed by atoms with Crippen LogP contribution in [-0.4, -0.2) is 29.3 Å². The number of aromatic amines is 1. The topological polar surface area (TPSA) is 121 Å². The van der Waals surface area contributed by atoms with Crippen molar-refractivity contribution in [3.05, 3.63) is 53.9 Å². The Bertz CT molecular complexity index is 627. The number of carboxylic acids is 1. The highest BCUT2D eigenvalue weighted by molar-refractivity contribution is 5.91. The maximum Gasteiger partial charge on any atom is 0.338 e. The monoisotopic (exact) mass is 291 g/mol. The largest absolute Gasteiger partial charge is 0.872 e. The summed E-state index contributed by atoms with van der Waals surface area (Å²) in [6.45, 7) is 0. The summed E-state index contributed by atoms with van der Waals surface area (Å²) in [5.74, 6) is -2.46. The highest BCUT2D eigenvalue weighted by Crippen LogP contribution is 2.19. The van der Waals surface area contributed by atoms with Crippen molar-refractivity contribution in [1.82, 2.24) is 0 Å². The second-order valence-corrected chi connectivity index (χ2v) is 3.77. The van der Waals surface area contributed by atoms with E-state index in [0.29, 0.717) is 5.56 Å². The van der Waals surface area contributed by atoms with Crippen LogP contribution < -0.4 is 10.1 Å². The molecule has 0 unspecified atom stereocenters. The predicted molar refractivity (Wildman–Crippen MR) is 68.8 cm³/mol. The molecule has 0 saturated heterocycles. The third kappa shape index (κ3) is 4.83. The lowest BCUT2D eigenvalue weighted by atomic mass is 10.2. The van der Waals surface area contributed by atoms with Crippen LogP contribution in [0, 0.1) is 0 Å². The molecule has 21 heavy (non-hydrogen) atoms. The number of nitrogens with one attached hydrogen (secondary N) is 1. The minimum absolute atomic E-state index is 0.220. The van der Waals surface area contributed by atoms with E-state index in [1.165, 1.54) is 7.11 Å². The van der Waals surface area contributed by atoms with Crippen molar-refractivity contribution in [2.24, 2.45) is 0 Å². The van der Waals surface area contributed by atoms with Gasteiger partial charge in [0.2, 0.25) is 0 Å². The van der Waals surface area contributed by atoms with Crippen LogP contribution in [-0.2, 0) is 4.74 Å². The number of methoxy groups -OCH3 is 1. The zero-order valence-electron chi connectivity index (χ0n) is 11.1. The van der Waals surface area contributed by atoms with Gasteiger partial charge in [0.1, 0.15) is 5.75 Å². The van der Waals surface area contributed by atoms with Crippen LogP contribution >= 0.6 is 0 Å². The first-order valence-corrected chi connectivity index (χ1v) is 5.73. The number of aromatic hydroxyl groups is 1. The van der Waals surface area contributed by atoms with Gasteiger partial charge in [0.15, 0.2) is 12.4 Å². The van der Waals surface area contributed by atoms with Crippen LogP contribution in [0.3, 0.4) is 0 Å². The van der Waals surface area contributed by atoms with Gasteiger partial charge < -0.3 is 20.1 Å². The molecular weight excluding hydrogens is 278 g/mol. The van der Waals surface area contributed by atoms with Crippen molar-refractivity contribution in [1.29, 1.82) is 0 Å². The number of ether oxygens (including phenoxy) is 1. The Morgan fingerprint density at radius 2 is 1.81 bits per heavy atom.